The van der Waals surface area contributed by atoms with Gasteiger partial charge in [-0.25, -0.2) is 4.98 Å². The topological polar surface area (TPSA) is 93.4 Å². The molecule has 0 radical (unpaired) electrons. The van der Waals surface area contributed by atoms with Gasteiger partial charge in [-0.15, -0.1) is 11.3 Å². The Balaban J connectivity index is 1.33. The summed E-state index contributed by atoms with van der Waals surface area (Å²) in [5.41, 5.74) is 2.67. The van der Waals surface area contributed by atoms with Crippen LogP contribution in [0.25, 0.3) is 22.6 Å². The van der Waals surface area contributed by atoms with Gasteiger partial charge >= 0.3 is 11.8 Å². The first-order chi connectivity index (χ1) is 14.2. The number of carbonyl (C=O) groups is 1. The third-order valence-electron chi connectivity index (χ3n) is 4.70. The van der Waals surface area contributed by atoms with Crippen LogP contribution in [-0.2, 0) is 4.74 Å². The summed E-state index contributed by atoms with van der Waals surface area (Å²) >= 11 is 1.60. The fourth-order valence-electron chi connectivity index (χ4n) is 3.15. The van der Waals surface area contributed by atoms with E-state index in [0.717, 1.165) is 61.1 Å². The van der Waals surface area contributed by atoms with E-state index >= 15 is 0 Å². The van der Waals surface area contributed by atoms with Crippen molar-refractivity contribution < 1.29 is 14.1 Å². The average molecular weight is 414 g/mol. The van der Waals surface area contributed by atoms with Crippen LogP contribution < -0.4 is 5.32 Å². The summed E-state index contributed by atoms with van der Waals surface area (Å²) in [4.78, 5) is 23.4. The molecule has 3 aromatic rings. The first kappa shape index (κ1) is 19.7. The fraction of sp³-hybridized carbons (Fsp3) is 0.400. The molecule has 1 aromatic carbocycles. The highest BCUT2D eigenvalue weighted by Gasteiger charge is 2.17. The van der Waals surface area contributed by atoms with E-state index < -0.39 is 0 Å². The normalized spacial score (nSPS) is 14.8. The maximum Gasteiger partial charge on any atom is 0.316 e. The monoisotopic (exact) mass is 413 g/mol. The Morgan fingerprint density at radius 2 is 2.07 bits per heavy atom. The summed E-state index contributed by atoms with van der Waals surface area (Å²) in [5, 5.41) is 9.83. The van der Waals surface area contributed by atoms with Gasteiger partial charge in [0.2, 0.25) is 5.82 Å². The van der Waals surface area contributed by atoms with Crippen LogP contribution in [0.4, 0.5) is 0 Å². The van der Waals surface area contributed by atoms with E-state index in [1.165, 1.54) is 0 Å². The van der Waals surface area contributed by atoms with E-state index in [2.05, 4.69) is 25.3 Å². The van der Waals surface area contributed by atoms with Crippen LogP contribution in [0.1, 0.15) is 22.1 Å². The van der Waals surface area contributed by atoms with Crippen molar-refractivity contribution in [2.24, 2.45) is 0 Å². The van der Waals surface area contributed by atoms with Crippen molar-refractivity contribution in [3.8, 4) is 22.6 Å². The zero-order valence-corrected chi connectivity index (χ0v) is 17.1. The predicted octanol–water partition coefficient (Wildman–Crippen LogP) is 2.62. The minimum atomic E-state index is -0.350. The predicted molar refractivity (Wildman–Crippen MR) is 110 cm³/mol. The summed E-state index contributed by atoms with van der Waals surface area (Å²) in [6.07, 6.45) is 0.863. The van der Waals surface area contributed by atoms with Crippen molar-refractivity contribution in [1.82, 2.24) is 25.3 Å². The van der Waals surface area contributed by atoms with Crippen LogP contribution in [0.15, 0.2) is 34.2 Å². The van der Waals surface area contributed by atoms with Gasteiger partial charge in [-0.2, -0.15) is 4.98 Å². The molecule has 1 N–H and O–H groups in total. The Bertz CT molecular complexity index is 964. The fourth-order valence-corrected chi connectivity index (χ4v) is 3.77. The van der Waals surface area contributed by atoms with Crippen LogP contribution >= 0.6 is 11.3 Å². The molecule has 4 rings (SSSR count). The van der Waals surface area contributed by atoms with Gasteiger partial charge < -0.3 is 14.6 Å². The molecule has 1 amide bonds. The number of aromatic nitrogens is 3. The molecule has 1 saturated heterocycles. The van der Waals surface area contributed by atoms with Crippen molar-refractivity contribution in [2.75, 3.05) is 39.4 Å². The molecule has 1 aliphatic rings. The lowest BCUT2D eigenvalue weighted by molar-refractivity contribution is 0.0374. The zero-order valence-electron chi connectivity index (χ0n) is 16.3. The minimum Gasteiger partial charge on any atom is -0.379 e. The summed E-state index contributed by atoms with van der Waals surface area (Å²) in [7, 11) is 0. The maximum atomic E-state index is 12.3. The number of morpholine rings is 1. The lowest BCUT2D eigenvalue weighted by Crippen LogP contribution is -2.38. The Labute approximate surface area is 172 Å². The van der Waals surface area contributed by atoms with Crippen LogP contribution in [-0.4, -0.2) is 65.3 Å². The van der Waals surface area contributed by atoms with Gasteiger partial charge in [0.05, 0.1) is 23.9 Å². The molecule has 1 fully saturated rings. The van der Waals surface area contributed by atoms with Crippen LogP contribution in [0.2, 0.25) is 0 Å². The van der Waals surface area contributed by atoms with Crippen molar-refractivity contribution in [2.45, 2.75) is 13.3 Å². The molecule has 0 spiro atoms. The molecule has 0 unspecified atom stereocenters. The summed E-state index contributed by atoms with van der Waals surface area (Å²) in [6, 6.07) is 7.74. The molecule has 1 aliphatic heterocycles. The molecule has 0 atom stereocenters. The lowest BCUT2D eigenvalue weighted by atomic mass is 10.1. The molecule has 152 valence electrons. The first-order valence-electron chi connectivity index (χ1n) is 9.64. The molecule has 3 heterocycles. The highest BCUT2D eigenvalue weighted by molar-refractivity contribution is 7.09. The van der Waals surface area contributed by atoms with Crippen molar-refractivity contribution >= 4 is 17.2 Å². The van der Waals surface area contributed by atoms with Gasteiger partial charge in [0.25, 0.3) is 0 Å². The summed E-state index contributed by atoms with van der Waals surface area (Å²) in [6.45, 7) is 6.92. The van der Waals surface area contributed by atoms with Gasteiger partial charge in [-0.3, -0.25) is 9.69 Å². The lowest BCUT2D eigenvalue weighted by Gasteiger charge is -2.26. The second kappa shape index (κ2) is 9.25. The number of nitrogens with one attached hydrogen (secondary N) is 1. The molecular weight excluding hydrogens is 390 g/mol. The average Bonchev–Trinajstić information content (AvgIpc) is 3.42. The van der Waals surface area contributed by atoms with E-state index in [4.69, 9.17) is 9.26 Å². The summed E-state index contributed by atoms with van der Waals surface area (Å²) in [5.74, 6) is 0.00977. The van der Waals surface area contributed by atoms with Crippen LogP contribution in [0.3, 0.4) is 0 Å². The molecule has 29 heavy (non-hydrogen) atoms. The molecule has 9 heteroatoms. The van der Waals surface area contributed by atoms with E-state index in [0.29, 0.717) is 12.4 Å². The van der Waals surface area contributed by atoms with E-state index in [1.807, 2.05) is 36.6 Å². The van der Waals surface area contributed by atoms with Crippen molar-refractivity contribution in [3.63, 3.8) is 0 Å². The number of rotatable bonds is 7. The number of thiazole rings is 1. The summed E-state index contributed by atoms with van der Waals surface area (Å²) < 4.78 is 10.5. The number of amides is 1. The second-order valence-corrected chi connectivity index (χ2v) is 7.88. The Morgan fingerprint density at radius 1 is 1.24 bits per heavy atom. The first-order valence-corrected chi connectivity index (χ1v) is 10.5. The molecule has 0 bridgehead atoms. The third kappa shape index (κ3) is 5.06. The van der Waals surface area contributed by atoms with Gasteiger partial charge in [0.15, 0.2) is 0 Å². The van der Waals surface area contributed by atoms with Crippen molar-refractivity contribution in [3.05, 3.63) is 40.5 Å². The number of aryl methyl sites for hydroxylation is 1. The van der Waals surface area contributed by atoms with Crippen molar-refractivity contribution in [1.29, 1.82) is 0 Å². The smallest absolute Gasteiger partial charge is 0.316 e. The van der Waals surface area contributed by atoms with E-state index in [9.17, 15) is 4.79 Å². The van der Waals surface area contributed by atoms with Crippen LogP contribution in [0.5, 0.6) is 0 Å². The van der Waals surface area contributed by atoms with Gasteiger partial charge in [0, 0.05) is 36.1 Å². The Kier molecular flexibility index (Phi) is 6.28. The number of benzene rings is 1. The number of ether oxygens (including phenoxy) is 1. The standard InChI is InChI=1S/C20H23N5O3S/c1-14-22-17(13-29-14)15-4-2-5-16(12-15)18-23-20(28-24-18)19(26)21-6-3-7-25-8-10-27-11-9-25/h2,4-5,12-13H,3,6-11H2,1H3,(H,21,26). The highest BCUT2D eigenvalue weighted by Crippen LogP contribution is 2.25. The number of carbonyl (C=O) groups excluding carboxylic acids is 1. The largest absolute Gasteiger partial charge is 0.379 e. The van der Waals surface area contributed by atoms with Gasteiger partial charge in [0.1, 0.15) is 0 Å². The number of hydrogen-bond acceptors (Lipinski definition) is 8. The second-order valence-electron chi connectivity index (χ2n) is 6.82. The maximum absolute atomic E-state index is 12.3. The molecule has 8 nitrogen and oxygen atoms in total. The third-order valence-corrected chi connectivity index (χ3v) is 5.47. The van der Waals surface area contributed by atoms with Gasteiger partial charge in [-0.1, -0.05) is 23.4 Å². The Morgan fingerprint density at radius 3 is 2.86 bits per heavy atom. The highest BCUT2D eigenvalue weighted by atomic mass is 32.1. The minimum absolute atomic E-state index is 0.0266. The number of hydrogen-bond donors (Lipinski definition) is 1. The number of nitrogens with zero attached hydrogens (tertiary/aromatic N) is 4. The zero-order chi connectivity index (χ0) is 20.1. The van der Waals surface area contributed by atoms with E-state index in [-0.39, 0.29) is 11.8 Å². The molecule has 2 aromatic heterocycles. The quantitative estimate of drug-likeness (QED) is 0.595. The Hall–Kier alpha value is -2.62. The molecular formula is C20H23N5O3S. The van der Waals surface area contributed by atoms with E-state index in [1.54, 1.807) is 11.3 Å². The SMILES string of the molecule is Cc1nc(-c2cccc(-c3noc(C(=O)NCCCN4CCOCC4)n3)c2)cs1. The molecule has 0 aliphatic carbocycles. The van der Waals surface area contributed by atoms with Gasteiger partial charge in [-0.05, 0) is 26.0 Å². The molecule has 0 saturated carbocycles. The van der Waals surface area contributed by atoms with Crippen LogP contribution in [0, 0.1) is 6.92 Å².